The summed E-state index contributed by atoms with van der Waals surface area (Å²) in [6, 6.07) is 19.3. The van der Waals surface area contributed by atoms with Crippen molar-refractivity contribution in [3.63, 3.8) is 0 Å². The van der Waals surface area contributed by atoms with Gasteiger partial charge in [0, 0.05) is 23.7 Å². The van der Waals surface area contributed by atoms with Crippen LogP contribution in [-0.4, -0.2) is 24.5 Å². The van der Waals surface area contributed by atoms with E-state index in [0.717, 1.165) is 36.5 Å². The number of rotatable bonds is 5. The van der Waals surface area contributed by atoms with Crippen LogP contribution in [-0.2, 0) is 17.8 Å². The van der Waals surface area contributed by atoms with Crippen LogP contribution in [0.4, 0.5) is 5.69 Å². The quantitative estimate of drug-likeness (QED) is 0.711. The number of carbonyl (C=O) groups is 1. The van der Waals surface area contributed by atoms with Crippen molar-refractivity contribution in [3.05, 3.63) is 82.0 Å². The summed E-state index contributed by atoms with van der Waals surface area (Å²) in [5.74, 6) is 0.763. The highest BCUT2D eigenvalue weighted by Gasteiger charge is 2.30. The van der Waals surface area contributed by atoms with Gasteiger partial charge in [-0.15, -0.1) is 11.3 Å². The highest BCUT2D eigenvalue weighted by Crippen LogP contribution is 2.31. The van der Waals surface area contributed by atoms with E-state index >= 15 is 0 Å². The summed E-state index contributed by atoms with van der Waals surface area (Å²) in [7, 11) is 1.63. The van der Waals surface area contributed by atoms with Gasteiger partial charge < -0.3 is 10.1 Å². The van der Waals surface area contributed by atoms with Gasteiger partial charge in [-0.25, -0.2) is 0 Å². The van der Waals surface area contributed by atoms with Gasteiger partial charge in [0.1, 0.15) is 11.8 Å². The standard InChI is InChI=1S/C22H22N2O2S/c1-26-19-9-7-18(8-10-19)23-22(25)21(16-5-3-2-4-6-16)24-13-11-20-17(15-24)12-14-27-20/h2-10,12,14,21H,11,13,15H2,1H3,(H,23,25). The largest absolute Gasteiger partial charge is 0.497 e. The predicted octanol–water partition coefficient (Wildman–Crippen LogP) is 4.49. The molecule has 4 rings (SSSR count). The van der Waals surface area contributed by atoms with Crippen molar-refractivity contribution in [2.45, 2.75) is 19.0 Å². The summed E-state index contributed by atoms with van der Waals surface area (Å²) in [5.41, 5.74) is 3.13. The van der Waals surface area contributed by atoms with E-state index in [1.165, 1.54) is 10.4 Å². The molecule has 2 heterocycles. The lowest BCUT2D eigenvalue weighted by atomic mass is 10.0. The number of nitrogens with one attached hydrogen (secondary N) is 1. The van der Waals surface area contributed by atoms with E-state index in [0.29, 0.717) is 0 Å². The van der Waals surface area contributed by atoms with Crippen LogP contribution in [0.3, 0.4) is 0 Å². The lowest BCUT2D eigenvalue weighted by Gasteiger charge is -2.34. The molecule has 0 fully saturated rings. The number of carbonyl (C=O) groups excluding carboxylic acids is 1. The van der Waals surface area contributed by atoms with Crippen LogP contribution in [0.5, 0.6) is 5.75 Å². The second-order valence-electron chi connectivity index (χ2n) is 6.62. The van der Waals surface area contributed by atoms with Crippen LogP contribution in [0.2, 0.25) is 0 Å². The molecule has 4 nitrogen and oxygen atoms in total. The minimum absolute atomic E-state index is 0.00922. The Balaban J connectivity index is 1.59. The fraction of sp³-hybridized carbons (Fsp3) is 0.227. The lowest BCUT2D eigenvalue weighted by Crippen LogP contribution is -2.40. The smallest absolute Gasteiger partial charge is 0.246 e. The summed E-state index contributed by atoms with van der Waals surface area (Å²) in [5, 5.41) is 5.22. The van der Waals surface area contributed by atoms with Crippen molar-refractivity contribution < 1.29 is 9.53 Å². The van der Waals surface area contributed by atoms with E-state index < -0.39 is 0 Å². The van der Waals surface area contributed by atoms with Gasteiger partial charge >= 0.3 is 0 Å². The average molecular weight is 378 g/mol. The number of nitrogens with zero attached hydrogens (tertiary/aromatic N) is 1. The fourth-order valence-electron chi connectivity index (χ4n) is 3.54. The molecule has 1 N–H and O–H groups in total. The third-order valence-electron chi connectivity index (χ3n) is 4.92. The van der Waals surface area contributed by atoms with Gasteiger partial charge in [0.25, 0.3) is 0 Å². The first kappa shape index (κ1) is 17.8. The van der Waals surface area contributed by atoms with Gasteiger partial charge in [-0.2, -0.15) is 0 Å². The molecule has 5 heteroatoms. The third kappa shape index (κ3) is 3.89. The van der Waals surface area contributed by atoms with E-state index in [2.05, 4.69) is 21.7 Å². The number of amides is 1. The molecule has 0 saturated heterocycles. The molecule has 0 aliphatic carbocycles. The first-order valence-corrected chi connectivity index (χ1v) is 9.92. The number of anilines is 1. The van der Waals surface area contributed by atoms with Crippen molar-refractivity contribution in [3.8, 4) is 5.75 Å². The van der Waals surface area contributed by atoms with E-state index in [9.17, 15) is 4.79 Å². The molecule has 2 aromatic carbocycles. The molecule has 1 aliphatic heterocycles. The van der Waals surface area contributed by atoms with Crippen LogP contribution >= 0.6 is 11.3 Å². The zero-order valence-corrected chi connectivity index (χ0v) is 16.0. The van der Waals surface area contributed by atoms with Gasteiger partial charge in [-0.3, -0.25) is 9.69 Å². The number of hydrogen-bond donors (Lipinski definition) is 1. The van der Waals surface area contributed by atoms with Gasteiger partial charge in [-0.05, 0) is 53.3 Å². The van der Waals surface area contributed by atoms with Gasteiger partial charge in [0.2, 0.25) is 5.91 Å². The Morgan fingerprint density at radius 3 is 2.63 bits per heavy atom. The van der Waals surface area contributed by atoms with Gasteiger partial charge in [0.05, 0.1) is 7.11 Å². The minimum atomic E-state index is -0.318. The molecular weight excluding hydrogens is 356 g/mol. The van der Waals surface area contributed by atoms with Crippen molar-refractivity contribution in [2.24, 2.45) is 0 Å². The van der Waals surface area contributed by atoms with Crippen LogP contribution in [0, 0.1) is 0 Å². The molecule has 27 heavy (non-hydrogen) atoms. The van der Waals surface area contributed by atoms with E-state index in [-0.39, 0.29) is 11.9 Å². The molecule has 138 valence electrons. The minimum Gasteiger partial charge on any atom is -0.497 e. The first-order chi connectivity index (χ1) is 13.2. The molecule has 1 amide bonds. The molecule has 3 aromatic rings. The van der Waals surface area contributed by atoms with Crippen molar-refractivity contribution in [1.29, 1.82) is 0 Å². The molecule has 1 aromatic heterocycles. The van der Waals surface area contributed by atoms with Crippen LogP contribution in [0.1, 0.15) is 22.0 Å². The molecule has 0 radical (unpaired) electrons. The number of benzene rings is 2. The zero-order chi connectivity index (χ0) is 18.6. The van der Waals surface area contributed by atoms with Gasteiger partial charge in [0.15, 0.2) is 0 Å². The lowest BCUT2D eigenvalue weighted by molar-refractivity contribution is -0.121. The highest BCUT2D eigenvalue weighted by atomic mass is 32.1. The summed E-state index contributed by atoms with van der Waals surface area (Å²) in [6.45, 7) is 1.68. The van der Waals surface area contributed by atoms with Gasteiger partial charge in [-0.1, -0.05) is 30.3 Å². The second-order valence-corrected chi connectivity index (χ2v) is 7.62. The SMILES string of the molecule is COc1ccc(NC(=O)C(c2ccccc2)N2CCc3sccc3C2)cc1. The molecule has 1 aliphatic rings. The molecule has 1 atom stereocenters. The number of fused-ring (bicyclic) bond motifs is 1. The molecule has 0 bridgehead atoms. The summed E-state index contributed by atoms with van der Waals surface area (Å²) >= 11 is 1.81. The Labute approximate surface area is 163 Å². The summed E-state index contributed by atoms with van der Waals surface area (Å²) in [4.78, 5) is 16.9. The average Bonchev–Trinajstić information content (AvgIpc) is 3.17. The Kier molecular flexibility index (Phi) is 5.23. The van der Waals surface area contributed by atoms with E-state index in [1.807, 2.05) is 65.9 Å². The monoisotopic (exact) mass is 378 g/mol. The number of ether oxygens (including phenoxy) is 1. The number of thiophene rings is 1. The fourth-order valence-corrected chi connectivity index (χ4v) is 4.43. The Bertz CT molecular complexity index is 906. The topological polar surface area (TPSA) is 41.6 Å². The highest BCUT2D eigenvalue weighted by molar-refractivity contribution is 7.10. The maximum absolute atomic E-state index is 13.2. The zero-order valence-electron chi connectivity index (χ0n) is 15.2. The molecular formula is C22H22N2O2S. The number of methoxy groups -OCH3 is 1. The van der Waals surface area contributed by atoms with E-state index in [1.54, 1.807) is 7.11 Å². The number of hydrogen-bond acceptors (Lipinski definition) is 4. The Hall–Kier alpha value is -2.63. The molecule has 0 saturated carbocycles. The van der Waals surface area contributed by atoms with Crippen molar-refractivity contribution in [2.75, 3.05) is 19.0 Å². The normalized spacial score (nSPS) is 15.0. The van der Waals surface area contributed by atoms with E-state index in [4.69, 9.17) is 4.74 Å². The molecule has 1 unspecified atom stereocenters. The molecule has 0 spiro atoms. The summed E-state index contributed by atoms with van der Waals surface area (Å²) < 4.78 is 5.19. The maximum Gasteiger partial charge on any atom is 0.246 e. The summed E-state index contributed by atoms with van der Waals surface area (Å²) in [6.07, 6.45) is 0.992. The predicted molar refractivity (Wildman–Crippen MR) is 109 cm³/mol. The van der Waals surface area contributed by atoms with Crippen LogP contribution < -0.4 is 10.1 Å². The van der Waals surface area contributed by atoms with Crippen molar-refractivity contribution >= 4 is 22.9 Å². The Morgan fingerprint density at radius 2 is 1.89 bits per heavy atom. The first-order valence-electron chi connectivity index (χ1n) is 9.04. The second kappa shape index (κ2) is 7.94. The Morgan fingerprint density at radius 1 is 1.11 bits per heavy atom. The van der Waals surface area contributed by atoms with Crippen LogP contribution in [0.25, 0.3) is 0 Å². The van der Waals surface area contributed by atoms with Crippen LogP contribution in [0.15, 0.2) is 66.0 Å². The maximum atomic E-state index is 13.2. The van der Waals surface area contributed by atoms with Crippen molar-refractivity contribution in [1.82, 2.24) is 4.90 Å². The third-order valence-corrected chi connectivity index (χ3v) is 5.95.